The van der Waals surface area contributed by atoms with E-state index in [1.54, 1.807) is 6.92 Å². The molecule has 0 fully saturated rings. The number of hydrogen-bond donors (Lipinski definition) is 3. The van der Waals surface area contributed by atoms with E-state index in [1.165, 1.54) is 6.07 Å². The zero-order valence-electron chi connectivity index (χ0n) is 12.3. The van der Waals surface area contributed by atoms with Crippen molar-refractivity contribution in [2.45, 2.75) is 32.5 Å². The van der Waals surface area contributed by atoms with E-state index in [9.17, 15) is 18.0 Å². The lowest BCUT2D eigenvalue weighted by Crippen LogP contribution is -2.38. The number of anilines is 1. The van der Waals surface area contributed by atoms with E-state index in [2.05, 4.69) is 10.6 Å². The minimum atomic E-state index is -4.52. The number of amides is 2. The van der Waals surface area contributed by atoms with Gasteiger partial charge in [0.05, 0.1) is 30.5 Å². The highest BCUT2D eigenvalue weighted by atomic mass is 19.4. The van der Waals surface area contributed by atoms with Gasteiger partial charge in [-0.1, -0.05) is 6.92 Å². The fraction of sp³-hybridized carbons (Fsp3) is 0.500. The van der Waals surface area contributed by atoms with Crippen LogP contribution in [0.1, 0.15) is 25.8 Å². The van der Waals surface area contributed by atoms with Crippen molar-refractivity contribution >= 4 is 11.7 Å². The van der Waals surface area contributed by atoms with Crippen molar-refractivity contribution < 1.29 is 27.8 Å². The van der Waals surface area contributed by atoms with Crippen molar-refractivity contribution in [3.8, 4) is 5.75 Å². The van der Waals surface area contributed by atoms with Gasteiger partial charge in [0.15, 0.2) is 0 Å². The van der Waals surface area contributed by atoms with E-state index in [4.69, 9.17) is 9.84 Å². The number of alkyl halides is 3. The summed E-state index contributed by atoms with van der Waals surface area (Å²) in [6.07, 6.45) is -3.84. The Kier molecular flexibility index (Phi) is 6.48. The zero-order chi connectivity index (χ0) is 16.8. The molecule has 1 aromatic rings. The van der Waals surface area contributed by atoms with Gasteiger partial charge in [-0.3, -0.25) is 0 Å². The largest absolute Gasteiger partial charge is 0.491 e. The maximum Gasteiger partial charge on any atom is 0.416 e. The molecule has 0 spiro atoms. The van der Waals surface area contributed by atoms with E-state index < -0.39 is 23.8 Å². The minimum absolute atomic E-state index is 0.0779. The van der Waals surface area contributed by atoms with Crippen molar-refractivity contribution in [3.63, 3.8) is 0 Å². The second-order valence-corrected chi connectivity index (χ2v) is 4.74. The summed E-state index contributed by atoms with van der Waals surface area (Å²) in [4.78, 5) is 11.7. The average molecular weight is 320 g/mol. The minimum Gasteiger partial charge on any atom is -0.491 e. The van der Waals surface area contributed by atoms with Crippen molar-refractivity contribution in [1.82, 2.24) is 5.32 Å². The summed E-state index contributed by atoms with van der Waals surface area (Å²) in [6.45, 7) is 3.44. The van der Waals surface area contributed by atoms with Crippen LogP contribution in [0.15, 0.2) is 18.2 Å². The van der Waals surface area contributed by atoms with Crippen LogP contribution in [-0.2, 0) is 6.18 Å². The van der Waals surface area contributed by atoms with Crippen LogP contribution >= 0.6 is 0 Å². The molecule has 0 radical (unpaired) electrons. The lowest BCUT2D eigenvalue weighted by Gasteiger charge is -2.17. The van der Waals surface area contributed by atoms with Crippen LogP contribution in [0.2, 0.25) is 0 Å². The summed E-state index contributed by atoms with van der Waals surface area (Å²) >= 11 is 0. The van der Waals surface area contributed by atoms with Crippen LogP contribution in [0.3, 0.4) is 0 Å². The molecule has 124 valence electrons. The van der Waals surface area contributed by atoms with Crippen LogP contribution in [0.5, 0.6) is 5.75 Å². The van der Waals surface area contributed by atoms with Crippen LogP contribution in [0.4, 0.5) is 23.7 Å². The topological polar surface area (TPSA) is 70.6 Å². The number of aliphatic hydroxyl groups is 1. The third-order valence-corrected chi connectivity index (χ3v) is 2.67. The predicted octanol–water partition coefficient (Wildman–Crippen LogP) is 3.00. The zero-order valence-corrected chi connectivity index (χ0v) is 12.3. The van der Waals surface area contributed by atoms with Crippen LogP contribution in [0, 0.1) is 0 Å². The van der Waals surface area contributed by atoms with Gasteiger partial charge in [0.25, 0.3) is 0 Å². The molecule has 0 bridgehead atoms. The van der Waals surface area contributed by atoms with Gasteiger partial charge >= 0.3 is 12.2 Å². The predicted molar refractivity (Wildman–Crippen MR) is 75.9 cm³/mol. The Hall–Kier alpha value is -1.96. The number of aliphatic hydroxyl groups excluding tert-OH is 1. The first kappa shape index (κ1) is 18.1. The monoisotopic (exact) mass is 320 g/mol. The number of nitrogens with one attached hydrogen (secondary N) is 2. The molecule has 0 saturated heterocycles. The highest BCUT2D eigenvalue weighted by Gasteiger charge is 2.31. The second-order valence-electron chi connectivity index (χ2n) is 4.74. The second kappa shape index (κ2) is 7.88. The molecule has 0 heterocycles. The average Bonchev–Trinajstić information content (AvgIpc) is 2.44. The molecule has 1 unspecified atom stereocenters. The Morgan fingerprint density at radius 1 is 1.41 bits per heavy atom. The normalized spacial score (nSPS) is 12.6. The molecule has 2 amide bonds. The highest BCUT2D eigenvalue weighted by Crippen LogP contribution is 2.35. The Morgan fingerprint density at radius 2 is 2.09 bits per heavy atom. The van der Waals surface area contributed by atoms with E-state index in [-0.39, 0.29) is 18.0 Å². The van der Waals surface area contributed by atoms with Gasteiger partial charge in [-0.15, -0.1) is 0 Å². The molecule has 5 nitrogen and oxygen atoms in total. The fourth-order valence-electron chi connectivity index (χ4n) is 1.57. The van der Waals surface area contributed by atoms with E-state index in [0.29, 0.717) is 13.0 Å². The molecule has 1 atom stereocenters. The molecule has 0 aliphatic carbocycles. The third-order valence-electron chi connectivity index (χ3n) is 2.67. The van der Waals surface area contributed by atoms with Gasteiger partial charge in [-0.25, -0.2) is 4.79 Å². The van der Waals surface area contributed by atoms with Crippen LogP contribution < -0.4 is 15.4 Å². The van der Waals surface area contributed by atoms with Gasteiger partial charge in [-0.05, 0) is 31.5 Å². The molecule has 8 heteroatoms. The Bertz CT molecular complexity index is 507. The molecule has 1 rings (SSSR count). The summed E-state index contributed by atoms with van der Waals surface area (Å²) in [5.74, 6) is 0.154. The van der Waals surface area contributed by atoms with Gasteiger partial charge in [0.1, 0.15) is 5.75 Å². The molecular weight excluding hydrogens is 301 g/mol. The summed E-state index contributed by atoms with van der Waals surface area (Å²) in [5.41, 5.74) is -0.965. The number of carbonyl (C=O) groups excluding carboxylic acids is 1. The first-order valence-electron chi connectivity index (χ1n) is 6.80. The summed E-state index contributed by atoms with van der Waals surface area (Å²) in [7, 11) is 0. The van der Waals surface area contributed by atoms with E-state index in [0.717, 1.165) is 12.1 Å². The van der Waals surface area contributed by atoms with E-state index in [1.807, 2.05) is 6.92 Å². The molecular formula is C14H19F3N2O3. The van der Waals surface area contributed by atoms with Gasteiger partial charge in [-0.2, -0.15) is 13.2 Å². The Balaban J connectivity index is 2.98. The molecule has 22 heavy (non-hydrogen) atoms. The lowest BCUT2D eigenvalue weighted by atomic mass is 10.1. The third kappa shape index (κ3) is 5.44. The highest BCUT2D eigenvalue weighted by molar-refractivity contribution is 5.91. The summed E-state index contributed by atoms with van der Waals surface area (Å²) in [5, 5.41) is 13.5. The quantitative estimate of drug-likeness (QED) is 0.754. The fourth-order valence-corrected chi connectivity index (χ4v) is 1.57. The van der Waals surface area contributed by atoms with Gasteiger partial charge in [0, 0.05) is 0 Å². The van der Waals surface area contributed by atoms with Crippen molar-refractivity contribution in [1.29, 1.82) is 0 Å². The molecule has 0 aliphatic heterocycles. The number of ether oxygens (including phenoxy) is 1. The summed E-state index contributed by atoms with van der Waals surface area (Å²) in [6, 6.07) is 1.63. The molecule has 3 N–H and O–H groups in total. The number of benzene rings is 1. The number of rotatable bonds is 6. The maximum absolute atomic E-state index is 12.8. The Morgan fingerprint density at radius 3 is 2.64 bits per heavy atom. The van der Waals surface area contributed by atoms with Gasteiger partial charge < -0.3 is 20.5 Å². The number of halogens is 3. The molecule has 1 aromatic carbocycles. The molecule has 0 saturated carbocycles. The summed E-state index contributed by atoms with van der Waals surface area (Å²) < 4.78 is 43.6. The van der Waals surface area contributed by atoms with Gasteiger partial charge in [0.2, 0.25) is 0 Å². The Labute approximate surface area is 126 Å². The number of hydrogen-bond acceptors (Lipinski definition) is 3. The number of urea groups is 1. The molecule has 0 aliphatic rings. The first-order chi connectivity index (χ1) is 10.3. The van der Waals surface area contributed by atoms with Crippen molar-refractivity contribution in [2.24, 2.45) is 0 Å². The van der Waals surface area contributed by atoms with Crippen molar-refractivity contribution in [3.05, 3.63) is 23.8 Å². The van der Waals surface area contributed by atoms with Crippen LogP contribution in [-0.4, -0.2) is 30.4 Å². The standard InChI is InChI=1S/C14H19F3N2O3/c1-3-6-22-12-5-4-10(14(15,16)17)7-11(12)19-13(21)18-9(2)8-20/h4-5,7,9,20H,3,6,8H2,1-2H3,(H2,18,19,21). The van der Waals surface area contributed by atoms with Crippen LogP contribution in [0.25, 0.3) is 0 Å². The lowest BCUT2D eigenvalue weighted by molar-refractivity contribution is -0.137. The van der Waals surface area contributed by atoms with E-state index >= 15 is 0 Å². The van der Waals surface area contributed by atoms with Crippen molar-refractivity contribution in [2.75, 3.05) is 18.5 Å². The molecule has 0 aromatic heterocycles. The number of carbonyl (C=O) groups is 1. The SMILES string of the molecule is CCCOc1ccc(C(F)(F)F)cc1NC(=O)NC(C)CO. The maximum atomic E-state index is 12.8. The smallest absolute Gasteiger partial charge is 0.416 e. The first-order valence-corrected chi connectivity index (χ1v) is 6.80.